The summed E-state index contributed by atoms with van der Waals surface area (Å²) in [5.74, 6) is 0.224. The summed E-state index contributed by atoms with van der Waals surface area (Å²) in [6.07, 6.45) is 1.67. The van der Waals surface area contributed by atoms with Crippen LogP contribution in [0.15, 0.2) is 48.7 Å². The van der Waals surface area contributed by atoms with Gasteiger partial charge < -0.3 is 9.47 Å². The van der Waals surface area contributed by atoms with Crippen LogP contribution in [0.2, 0.25) is 0 Å². The summed E-state index contributed by atoms with van der Waals surface area (Å²) in [4.78, 5) is 21.2. The first-order chi connectivity index (χ1) is 11.2. The molecule has 5 heteroatoms. The Balaban J connectivity index is 2.28. The van der Waals surface area contributed by atoms with E-state index in [1.54, 1.807) is 26.3 Å². The fraction of sp³-hybridized carbons (Fsp3) is 0.167. The molecule has 3 rings (SSSR count). The lowest BCUT2D eigenvalue weighted by atomic mass is 10.0. The number of hydrogen-bond acceptors (Lipinski definition) is 5. The molecule has 0 unspecified atom stereocenters. The van der Waals surface area contributed by atoms with Gasteiger partial charge in [-0.2, -0.15) is 0 Å². The fourth-order valence-corrected chi connectivity index (χ4v) is 2.41. The van der Waals surface area contributed by atoms with E-state index >= 15 is 0 Å². The smallest absolute Gasteiger partial charge is 0.340 e. The fourth-order valence-electron chi connectivity index (χ4n) is 2.41. The topological polar surface area (TPSA) is 61.3 Å². The molecular formula is C18H16N2O3. The number of ether oxygens (including phenoxy) is 2. The average molecular weight is 308 g/mol. The van der Waals surface area contributed by atoms with Gasteiger partial charge in [0.25, 0.3) is 0 Å². The SMILES string of the molecule is CCOC(=O)c1cc2ncccc2nc1-c1ccccc1OC. The first-order valence-corrected chi connectivity index (χ1v) is 7.31. The Kier molecular flexibility index (Phi) is 4.19. The highest BCUT2D eigenvalue weighted by Crippen LogP contribution is 2.32. The summed E-state index contributed by atoms with van der Waals surface area (Å²) < 4.78 is 10.6. The minimum atomic E-state index is -0.423. The number of hydrogen-bond donors (Lipinski definition) is 0. The molecule has 23 heavy (non-hydrogen) atoms. The zero-order valence-corrected chi connectivity index (χ0v) is 12.9. The minimum absolute atomic E-state index is 0.296. The van der Waals surface area contributed by atoms with Gasteiger partial charge in [0.1, 0.15) is 5.75 Å². The van der Waals surface area contributed by atoms with Crippen LogP contribution in [-0.4, -0.2) is 29.7 Å². The number of carbonyl (C=O) groups is 1. The van der Waals surface area contributed by atoms with Gasteiger partial charge in [0.05, 0.1) is 36.0 Å². The van der Waals surface area contributed by atoms with E-state index in [0.717, 1.165) is 5.56 Å². The number of carbonyl (C=O) groups excluding carboxylic acids is 1. The van der Waals surface area contributed by atoms with Crippen molar-refractivity contribution in [3.05, 3.63) is 54.2 Å². The Labute approximate surface area is 133 Å². The van der Waals surface area contributed by atoms with Crippen LogP contribution in [0.25, 0.3) is 22.3 Å². The normalized spacial score (nSPS) is 10.5. The monoisotopic (exact) mass is 308 g/mol. The summed E-state index contributed by atoms with van der Waals surface area (Å²) in [6.45, 7) is 2.07. The molecule has 0 spiro atoms. The van der Waals surface area contributed by atoms with Crippen molar-refractivity contribution < 1.29 is 14.3 Å². The molecule has 0 radical (unpaired) electrons. The van der Waals surface area contributed by atoms with Gasteiger partial charge in [-0.15, -0.1) is 0 Å². The van der Waals surface area contributed by atoms with Crippen LogP contribution in [0.3, 0.4) is 0 Å². The van der Waals surface area contributed by atoms with Crippen LogP contribution < -0.4 is 4.74 Å². The average Bonchev–Trinajstić information content (AvgIpc) is 2.60. The highest BCUT2D eigenvalue weighted by molar-refractivity contribution is 6.00. The van der Waals surface area contributed by atoms with Crippen molar-refractivity contribution in [3.8, 4) is 17.0 Å². The first-order valence-electron chi connectivity index (χ1n) is 7.31. The molecule has 0 fully saturated rings. The van der Waals surface area contributed by atoms with Crippen molar-refractivity contribution in [2.24, 2.45) is 0 Å². The number of para-hydroxylation sites is 1. The summed E-state index contributed by atoms with van der Waals surface area (Å²) in [5, 5.41) is 0. The highest BCUT2D eigenvalue weighted by atomic mass is 16.5. The molecule has 0 aliphatic carbocycles. The number of esters is 1. The number of nitrogens with zero attached hydrogens (tertiary/aromatic N) is 2. The molecule has 0 saturated heterocycles. The molecule has 116 valence electrons. The van der Waals surface area contributed by atoms with Crippen LogP contribution in [0.5, 0.6) is 5.75 Å². The summed E-state index contributed by atoms with van der Waals surface area (Å²) >= 11 is 0. The van der Waals surface area contributed by atoms with E-state index in [1.807, 2.05) is 36.4 Å². The predicted molar refractivity (Wildman–Crippen MR) is 87.5 cm³/mol. The van der Waals surface area contributed by atoms with Gasteiger partial charge in [-0.1, -0.05) is 12.1 Å². The number of benzene rings is 1. The zero-order valence-electron chi connectivity index (χ0n) is 12.9. The van der Waals surface area contributed by atoms with Gasteiger partial charge >= 0.3 is 5.97 Å². The van der Waals surface area contributed by atoms with E-state index in [9.17, 15) is 4.79 Å². The van der Waals surface area contributed by atoms with E-state index in [1.165, 1.54) is 0 Å². The lowest BCUT2D eigenvalue weighted by molar-refractivity contribution is 0.0527. The molecule has 2 aromatic heterocycles. The summed E-state index contributed by atoms with van der Waals surface area (Å²) in [6, 6.07) is 12.8. The van der Waals surface area contributed by atoms with E-state index in [-0.39, 0.29) is 0 Å². The minimum Gasteiger partial charge on any atom is -0.496 e. The maximum Gasteiger partial charge on any atom is 0.340 e. The van der Waals surface area contributed by atoms with Crippen LogP contribution in [0.1, 0.15) is 17.3 Å². The third-order valence-electron chi connectivity index (χ3n) is 3.44. The first kappa shape index (κ1) is 15.0. The van der Waals surface area contributed by atoms with E-state index in [0.29, 0.717) is 34.6 Å². The van der Waals surface area contributed by atoms with Crippen LogP contribution in [0.4, 0.5) is 0 Å². The van der Waals surface area contributed by atoms with Crippen LogP contribution in [-0.2, 0) is 4.74 Å². The van der Waals surface area contributed by atoms with E-state index < -0.39 is 5.97 Å². The standard InChI is InChI=1S/C18H16N2O3/c1-3-23-18(21)13-11-15-14(8-6-10-19-15)20-17(13)12-7-4-5-9-16(12)22-2/h4-11H,3H2,1-2H3. The summed E-state index contributed by atoms with van der Waals surface area (Å²) in [7, 11) is 1.59. The Morgan fingerprint density at radius 2 is 1.96 bits per heavy atom. The number of rotatable bonds is 4. The lowest BCUT2D eigenvalue weighted by Crippen LogP contribution is -2.08. The molecule has 0 aliphatic rings. The Bertz CT molecular complexity index is 862. The zero-order chi connectivity index (χ0) is 16.2. The Morgan fingerprint density at radius 3 is 2.74 bits per heavy atom. The van der Waals surface area contributed by atoms with Gasteiger partial charge in [0, 0.05) is 11.8 Å². The van der Waals surface area contributed by atoms with Crippen molar-refractivity contribution in [1.29, 1.82) is 0 Å². The molecule has 0 bridgehead atoms. The second kappa shape index (κ2) is 6.44. The quantitative estimate of drug-likeness (QED) is 0.690. The van der Waals surface area contributed by atoms with E-state index in [2.05, 4.69) is 9.97 Å². The summed E-state index contributed by atoms with van der Waals surface area (Å²) in [5.41, 5.74) is 3.00. The number of aromatic nitrogens is 2. The third kappa shape index (κ3) is 2.85. The maximum absolute atomic E-state index is 12.4. The second-order valence-electron chi connectivity index (χ2n) is 4.85. The third-order valence-corrected chi connectivity index (χ3v) is 3.44. The number of methoxy groups -OCH3 is 1. The Morgan fingerprint density at radius 1 is 1.13 bits per heavy atom. The lowest BCUT2D eigenvalue weighted by Gasteiger charge is -2.12. The molecular weight excluding hydrogens is 292 g/mol. The van der Waals surface area contributed by atoms with Crippen molar-refractivity contribution in [3.63, 3.8) is 0 Å². The number of pyridine rings is 2. The molecule has 3 aromatic rings. The molecule has 0 N–H and O–H groups in total. The molecule has 0 aliphatic heterocycles. The van der Waals surface area contributed by atoms with Crippen LogP contribution in [0, 0.1) is 0 Å². The second-order valence-corrected chi connectivity index (χ2v) is 4.85. The van der Waals surface area contributed by atoms with Gasteiger partial charge in [-0.05, 0) is 37.3 Å². The van der Waals surface area contributed by atoms with Gasteiger partial charge in [0.15, 0.2) is 0 Å². The van der Waals surface area contributed by atoms with Gasteiger partial charge in [-0.25, -0.2) is 9.78 Å². The van der Waals surface area contributed by atoms with Gasteiger partial charge in [0.2, 0.25) is 0 Å². The van der Waals surface area contributed by atoms with Crippen molar-refractivity contribution in [2.45, 2.75) is 6.92 Å². The van der Waals surface area contributed by atoms with E-state index in [4.69, 9.17) is 9.47 Å². The molecule has 1 aromatic carbocycles. The van der Waals surface area contributed by atoms with Crippen molar-refractivity contribution in [1.82, 2.24) is 9.97 Å². The molecule has 2 heterocycles. The number of fused-ring (bicyclic) bond motifs is 1. The predicted octanol–water partition coefficient (Wildman–Crippen LogP) is 3.48. The largest absolute Gasteiger partial charge is 0.496 e. The van der Waals surface area contributed by atoms with Crippen molar-refractivity contribution >= 4 is 17.0 Å². The van der Waals surface area contributed by atoms with Crippen LogP contribution >= 0.6 is 0 Å². The molecule has 0 atom stereocenters. The highest BCUT2D eigenvalue weighted by Gasteiger charge is 2.19. The van der Waals surface area contributed by atoms with Crippen molar-refractivity contribution in [2.75, 3.05) is 13.7 Å². The van der Waals surface area contributed by atoms with Gasteiger partial charge in [-0.3, -0.25) is 4.98 Å². The maximum atomic E-state index is 12.4. The molecule has 5 nitrogen and oxygen atoms in total. The molecule has 0 saturated carbocycles. The molecule has 0 amide bonds. The Hall–Kier alpha value is -2.95.